The van der Waals surface area contributed by atoms with Crippen molar-refractivity contribution >= 4 is 27.4 Å². The Morgan fingerprint density at radius 2 is 1.88 bits per heavy atom. The summed E-state index contributed by atoms with van der Waals surface area (Å²) in [5, 5.41) is 2.01. The summed E-state index contributed by atoms with van der Waals surface area (Å²) in [6.45, 7) is 8.47. The molecule has 3 rings (SSSR count). The Kier molecular flexibility index (Phi) is 7.26. The molecule has 0 spiro atoms. The summed E-state index contributed by atoms with van der Waals surface area (Å²) in [6.07, 6.45) is 6.55. The third-order valence-corrected chi connectivity index (χ3v) is 7.33. The van der Waals surface area contributed by atoms with E-state index in [1.807, 2.05) is 32.6 Å². The summed E-state index contributed by atoms with van der Waals surface area (Å²) >= 11 is 0. The molecule has 2 N–H and O–H groups in total. The zero-order valence-electron chi connectivity index (χ0n) is 19.0. The molecule has 1 unspecified atom stereocenters. The minimum absolute atomic E-state index is 0.132. The van der Waals surface area contributed by atoms with Crippen LogP contribution in [-0.4, -0.2) is 57.1 Å². The van der Waals surface area contributed by atoms with E-state index in [1.54, 1.807) is 29.3 Å². The van der Waals surface area contributed by atoms with Crippen LogP contribution in [0.4, 0.5) is 20.6 Å². The minimum Gasteiger partial charge on any atom is -0.358 e. The Bertz CT molecular complexity index is 1020. The van der Waals surface area contributed by atoms with Crippen LogP contribution in [-0.2, 0) is 14.8 Å². The molecule has 1 aromatic rings. The lowest BCUT2D eigenvalue weighted by Crippen LogP contribution is -2.60. The average Bonchev–Trinajstić information content (AvgIpc) is 2.66. The summed E-state index contributed by atoms with van der Waals surface area (Å²) in [5.74, 6) is -0.601. The van der Waals surface area contributed by atoms with Crippen molar-refractivity contribution in [2.45, 2.75) is 51.1 Å². The number of sulfonamides is 1. The van der Waals surface area contributed by atoms with Crippen LogP contribution in [0.15, 0.2) is 36.6 Å². The second-order valence-electron chi connectivity index (χ2n) is 8.57. The van der Waals surface area contributed by atoms with Crippen LogP contribution < -0.4 is 14.9 Å². The van der Waals surface area contributed by atoms with Crippen molar-refractivity contribution in [3.63, 3.8) is 0 Å². The van der Waals surface area contributed by atoms with E-state index in [4.69, 9.17) is 4.74 Å². The molecule has 2 amide bonds. The minimum atomic E-state index is -3.84. The van der Waals surface area contributed by atoms with Gasteiger partial charge in [-0.15, -0.1) is 0 Å². The Morgan fingerprint density at radius 1 is 1.19 bits per heavy atom. The SMILES string of the molecule is COC1C=CC=CN1c1cc(F)cc(C(C)C)c1NC(=O)NS(=O)(=O)C1CN(C(C)C)C1. The van der Waals surface area contributed by atoms with Gasteiger partial charge in [-0.25, -0.2) is 22.3 Å². The second-order valence-corrected chi connectivity index (χ2v) is 10.5. The summed E-state index contributed by atoms with van der Waals surface area (Å²) < 4.78 is 47.3. The van der Waals surface area contributed by atoms with Gasteiger partial charge in [0.15, 0.2) is 6.23 Å². The number of anilines is 2. The van der Waals surface area contributed by atoms with Gasteiger partial charge in [0.2, 0.25) is 10.0 Å². The molecule has 0 bridgehead atoms. The summed E-state index contributed by atoms with van der Waals surface area (Å²) in [4.78, 5) is 16.4. The first-order valence-electron chi connectivity index (χ1n) is 10.6. The van der Waals surface area contributed by atoms with Gasteiger partial charge in [0, 0.05) is 32.4 Å². The lowest BCUT2D eigenvalue weighted by molar-refractivity contribution is 0.141. The molecular formula is C22H31FN4O4S. The number of carbonyl (C=O) groups is 1. The number of methoxy groups -OCH3 is 1. The first kappa shape index (κ1) is 24.2. The number of carbonyl (C=O) groups excluding carboxylic acids is 1. The molecule has 1 fully saturated rings. The number of urea groups is 1. The van der Waals surface area contributed by atoms with Crippen molar-refractivity contribution in [3.8, 4) is 0 Å². The first-order chi connectivity index (χ1) is 15.0. The number of benzene rings is 1. The van der Waals surface area contributed by atoms with Crippen molar-refractivity contribution in [1.29, 1.82) is 0 Å². The zero-order chi connectivity index (χ0) is 23.6. The number of amides is 2. The molecule has 0 saturated carbocycles. The number of hydrogen-bond donors (Lipinski definition) is 2. The largest absolute Gasteiger partial charge is 0.358 e. The van der Waals surface area contributed by atoms with Gasteiger partial charge in [-0.3, -0.25) is 4.90 Å². The van der Waals surface area contributed by atoms with Gasteiger partial charge in [-0.2, -0.15) is 0 Å². The number of likely N-dealkylation sites (tertiary alicyclic amines) is 1. The third-order valence-electron chi connectivity index (χ3n) is 5.68. The van der Waals surface area contributed by atoms with Crippen LogP contribution in [0.3, 0.4) is 0 Å². The molecule has 1 aromatic carbocycles. The maximum Gasteiger partial charge on any atom is 0.332 e. The smallest absolute Gasteiger partial charge is 0.332 e. The van der Waals surface area contributed by atoms with E-state index >= 15 is 0 Å². The Labute approximate surface area is 189 Å². The van der Waals surface area contributed by atoms with Crippen molar-refractivity contribution in [2.24, 2.45) is 0 Å². The first-order valence-corrected chi connectivity index (χ1v) is 12.1. The molecule has 2 aliphatic rings. The number of nitrogens with zero attached hydrogens (tertiary/aromatic N) is 2. The van der Waals surface area contributed by atoms with Gasteiger partial charge in [0.1, 0.15) is 11.1 Å². The number of halogens is 1. The highest BCUT2D eigenvalue weighted by molar-refractivity contribution is 7.90. The van der Waals surface area contributed by atoms with Gasteiger partial charge in [-0.1, -0.05) is 19.9 Å². The van der Waals surface area contributed by atoms with Crippen molar-refractivity contribution in [2.75, 3.05) is 30.4 Å². The second kappa shape index (κ2) is 9.60. The molecule has 176 valence electrons. The normalized spacial score (nSPS) is 19.5. The number of rotatable bonds is 7. The van der Waals surface area contributed by atoms with Gasteiger partial charge >= 0.3 is 6.03 Å². The third kappa shape index (κ3) is 5.13. The molecule has 1 saturated heterocycles. The molecule has 10 heteroatoms. The maximum absolute atomic E-state index is 14.5. The average molecular weight is 467 g/mol. The van der Waals surface area contributed by atoms with Crippen LogP contribution in [0.1, 0.15) is 39.2 Å². The van der Waals surface area contributed by atoms with E-state index in [9.17, 15) is 17.6 Å². The van der Waals surface area contributed by atoms with E-state index in [-0.39, 0.29) is 12.0 Å². The molecule has 0 aromatic heterocycles. The van der Waals surface area contributed by atoms with Gasteiger partial charge in [0.25, 0.3) is 0 Å². The number of nitrogens with one attached hydrogen (secondary N) is 2. The number of allylic oxidation sites excluding steroid dienone is 2. The van der Waals surface area contributed by atoms with E-state index in [0.29, 0.717) is 30.0 Å². The van der Waals surface area contributed by atoms with Crippen LogP contribution in [0.5, 0.6) is 0 Å². The zero-order valence-corrected chi connectivity index (χ0v) is 19.8. The molecule has 0 aliphatic carbocycles. The Morgan fingerprint density at radius 3 is 2.47 bits per heavy atom. The molecule has 2 aliphatic heterocycles. The summed E-state index contributed by atoms with van der Waals surface area (Å²) in [6, 6.07) is 1.99. The fourth-order valence-electron chi connectivity index (χ4n) is 3.74. The van der Waals surface area contributed by atoms with E-state index in [0.717, 1.165) is 0 Å². The van der Waals surface area contributed by atoms with Crippen molar-refractivity contribution < 1.29 is 22.3 Å². The van der Waals surface area contributed by atoms with Crippen molar-refractivity contribution in [3.05, 3.63) is 47.9 Å². The molecule has 1 atom stereocenters. The monoisotopic (exact) mass is 466 g/mol. The topological polar surface area (TPSA) is 91.0 Å². The van der Waals surface area contributed by atoms with E-state index in [2.05, 4.69) is 10.0 Å². The fraction of sp³-hybridized carbons (Fsp3) is 0.500. The van der Waals surface area contributed by atoms with Crippen LogP contribution in [0.25, 0.3) is 0 Å². The summed E-state index contributed by atoms with van der Waals surface area (Å²) in [5.41, 5.74) is 1.23. The highest BCUT2D eigenvalue weighted by Gasteiger charge is 2.39. The molecule has 2 heterocycles. The molecular weight excluding hydrogens is 435 g/mol. The number of ether oxygens (including phenoxy) is 1. The predicted octanol–water partition coefficient (Wildman–Crippen LogP) is 3.36. The standard InChI is InChI=1S/C22H31FN4O4S/c1-14(2)18-10-16(23)11-19(27-9-7-6-8-20(27)31-5)21(18)24-22(28)25-32(29,30)17-12-26(13-17)15(3)4/h6-11,14-15,17,20H,12-13H2,1-5H3,(H2,24,25,28). The van der Waals surface area contributed by atoms with Gasteiger partial charge in [-0.05, 0) is 49.6 Å². The molecule has 0 radical (unpaired) electrons. The molecule has 32 heavy (non-hydrogen) atoms. The van der Waals surface area contributed by atoms with Gasteiger partial charge in [0.05, 0.1) is 11.4 Å². The van der Waals surface area contributed by atoms with Crippen LogP contribution in [0, 0.1) is 5.82 Å². The fourth-order valence-corrected chi connectivity index (χ4v) is 4.99. The number of hydrogen-bond acceptors (Lipinski definition) is 6. The summed E-state index contributed by atoms with van der Waals surface area (Å²) in [7, 11) is -2.32. The predicted molar refractivity (Wildman–Crippen MR) is 124 cm³/mol. The highest BCUT2D eigenvalue weighted by Crippen LogP contribution is 2.37. The highest BCUT2D eigenvalue weighted by atomic mass is 32.2. The van der Waals surface area contributed by atoms with Crippen LogP contribution in [0.2, 0.25) is 0 Å². The van der Waals surface area contributed by atoms with E-state index < -0.39 is 33.3 Å². The lowest BCUT2D eigenvalue weighted by Gasteiger charge is -2.41. The van der Waals surface area contributed by atoms with E-state index in [1.165, 1.54) is 19.2 Å². The van der Waals surface area contributed by atoms with Crippen LogP contribution >= 0.6 is 0 Å². The van der Waals surface area contributed by atoms with Gasteiger partial charge < -0.3 is 15.0 Å². The van der Waals surface area contributed by atoms with Crippen molar-refractivity contribution in [1.82, 2.24) is 9.62 Å². The quantitative estimate of drug-likeness (QED) is 0.640. The maximum atomic E-state index is 14.5. The Hall–Kier alpha value is -2.43. The Balaban J connectivity index is 1.87. The lowest BCUT2D eigenvalue weighted by atomic mass is 9.99. The molecule has 8 nitrogen and oxygen atoms in total.